The minimum Gasteiger partial charge on any atom is -0.478 e. The van der Waals surface area contributed by atoms with Crippen molar-refractivity contribution in [1.29, 1.82) is 0 Å². The molecule has 3 amide bonds. The zero-order valence-electron chi connectivity index (χ0n) is 18.2. The lowest BCUT2D eigenvalue weighted by Crippen LogP contribution is -2.28. The second-order valence-corrected chi connectivity index (χ2v) is 8.10. The summed E-state index contributed by atoms with van der Waals surface area (Å²) < 4.78 is 1.96. The van der Waals surface area contributed by atoms with E-state index < -0.39 is 17.9 Å². The first-order valence-corrected chi connectivity index (χ1v) is 11.1. The molecular weight excluding hydrogens is 432 g/mol. The summed E-state index contributed by atoms with van der Waals surface area (Å²) in [4.78, 5) is 41.8. The highest BCUT2D eigenvalue weighted by Gasteiger charge is 2.32. The van der Waals surface area contributed by atoms with Gasteiger partial charge in [0, 0.05) is 18.0 Å². The van der Waals surface area contributed by atoms with Crippen molar-refractivity contribution in [2.75, 3.05) is 6.54 Å². The Hall–Kier alpha value is -3.13. The molecule has 1 aliphatic rings. The molecule has 0 unspecified atom stereocenters. The van der Waals surface area contributed by atoms with Gasteiger partial charge in [0.2, 0.25) is 0 Å². The Morgan fingerprint density at radius 1 is 1.22 bits per heavy atom. The Morgan fingerprint density at radius 3 is 2.62 bits per heavy atom. The number of aromatic carboxylic acids is 1. The van der Waals surface area contributed by atoms with E-state index in [2.05, 4.69) is 17.2 Å². The number of nitrogens with zero attached hydrogens (tertiary/aromatic N) is 3. The fourth-order valence-corrected chi connectivity index (χ4v) is 3.76. The summed E-state index contributed by atoms with van der Waals surface area (Å²) in [7, 11) is 0. The molecule has 1 aromatic carbocycles. The maximum absolute atomic E-state index is 12.4. The molecule has 9 heteroatoms. The van der Waals surface area contributed by atoms with Crippen LogP contribution in [0.3, 0.4) is 0 Å². The van der Waals surface area contributed by atoms with E-state index in [1.165, 1.54) is 17.0 Å². The number of aromatic nitrogens is 2. The molecule has 1 saturated heterocycles. The number of carbonyl (C=O) groups is 3. The van der Waals surface area contributed by atoms with Crippen LogP contribution in [0.5, 0.6) is 0 Å². The van der Waals surface area contributed by atoms with Gasteiger partial charge in [0.15, 0.2) is 0 Å². The molecule has 2 N–H and O–H groups in total. The average Bonchev–Trinajstić information content (AvgIpc) is 3.25. The molecule has 0 spiro atoms. The third-order valence-electron chi connectivity index (χ3n) is 5.36. The van der Waals surface area contributed by atoms with Gasteiger partial charge in [-0.05, 0) is 36.6 Å². The maximum atomic E-state index is 12.4. The molecule has 2 heterocycles. The summed E-state index contributed by atoms with van der Waals surface area (Å²) in [5.74, 6) is -0.640. The Morgan fingerprint density at radius 2 is 1.97 bits per heavy atom. The first-order valence-electron chi connectivity index (χ1n) is 10.8. The van der Waals surface area contributed by atoms with Gasteiger partial charge in [-0.1, -0.05) is 44.4 Å². The normalized spacial score (nSPS) is 15.0. The molecule has 1 fully saturated rings. The van der Waals surface area contributed by atoms with Gasteiger partial charge >= 0.3 is 12.0 Å². The highest BCUT2D eigenvalue weighted by molar-refractivity contribution is 6.31. The summed E-state index contributed by atoms with van der Waals surface area (Å²) in [6.07, 6.45) is 7.73. The number of amides is 3. The summed E-state index contributed by atoms with van der Waals surface area (Å²) in [6.45, 7) is 4.94. The Labute approximate surface area is 191 Å². The predicted octanol–water partition coefficient (Wildman–Crippen LogP) is 4.32. The average molecular weight is 459 g/mol. The van der Waals surface area contributed by atoms with Gasteiger partial charge in [0.25, 0.3) is 5.91 Å². The second kappa shape index (κ2) is 10.5. The van der Waals surface area contributed by atoms with Crippen LogP contribution in [0.25, 0.3) is 6.08 Å². The third kappa shape index (κ3) is 5.19. The predicted molar refractivity (Wildman–Crippen MR) is 121 cm³/mol. The minimum atomic E-state index is -1.04. The number of carboxylic acids is 1. The topological polar surface area (TPSA) is 105 Å². The molecule has 1 aromatic heterocycles. The highest BCUT2D eigenvalue weighted by Crippen LogP contribution is 2.24. The lowest BCUT2D eigenvalue weighted by atomic mass is 10.1. The van der Waals surface area contributed by atoms with Crippen LogP contribution in [0.2, 0.25) is 5.02 Å². The van der Waals surface area contributed by atoms with Crippen LogP contribution >= 0.6 is 11.6 Å². The quantitative estimate of drug-likeness (QED) is 0.407. The number of hydrogen-bond donors (Lipinski definition) is 2. The number of halogens is 1. The number of imidazole rings is 1. The van der Waals surface area contributed by atoms with Crippen LogP contribution in [0.15, 0.2) is 30.1 Å². The van der Waals surface area contributed by atoms with Crippen molar-refractivity contribution in [2.24, 2.45) is 0 Å². The van der Waals surface area contributed by atoms with Gasteiger partial charge in [-0.15, -0.1) is 0 Å². The van der Waals surface area contributed by atoms with E-state index in [0.29, 0.717) is 29.5 Å². The van der Waals surface area contributed by atoms with E-state index in [1.54, 1.807) is 18.3 Å². The Bertz CT molecular complexity index is 1060. The molecular formula is C23H27ClN4O4. The molecule has 0 radical (unpaired) electrons. The van der Waals surface area contributed by atoms with Crippen molar-refractivity contribution in [1.82, 2.24) is 19.8 Å². The Balaban J connectivity index is 1.99. The zero-order valence-corrected chi connectivity index (χ0v) is 19.0. The standard InChI is InChI=1S/C23H27ClN4O4/c1-3-5-7-20-25-13-17(12-19-21(29)26-23(32)27(19)10-6-4-2)28(20)14-16-9-8-15(22(30)31)11-18(16)24/h8-9,11-13H,3-7,10,14H2,1-2H3,(H,30,31)(H,26,29,32)/b19-12-. The Kier molecular flexibility index (Phi) is 7.69. The number of rotatable bonds is 10. The minimum absolute atomic E-state index is 0.116. The fourth-order valence-electron chi connectivity index (χ4n) is 3.52. The molecule has 1 aliphatic heterocycles. The summed E-state index contributed by atoms with van der Waals surface area (Å²) in [5.41, 5.74) is 1.82. The lowest BCUT2D eigenvalue weighted by molar-refractivity contribution is -0.116. The number of urea groups is 1. The molecule has 2 aromatic rings. The number of aryl methyl sites for hydroxylation is 1. The second-order valence-electron chi connectivity index (χ2n) is 7.69. The van der Waals surface area contributed by atoms with Gasteiger partial charge in [-0.2, -0.15) is 0 Å². The lowest BCUT2D eigenvalue weighted by Gasteiger charge is -2.16. The molecule has 8 nitrogen and oxygen atoms in total. The van der Waals surface area contributed by atoms with E-state index in [0.717, 1.165) is 43.5 Å². The third-order valence-corrected chi connectivity index (χ3v) is 5.71. The number of carbonyl (C=O) groups excluding carboxylic acids is 2. The largest absolute Gasteiger partial charge is 0.478 e. The summed E-state index contributed by atoms with van der Waals surface area (Å²) in [6, 6.07) is 4.21. The molecule has 0 atom stereocenters. The SMILES string of the molecule is CCCCc1ncc(/C=C2/C(=O)NC(=O)N2CCCC)n1Cc1ccc(C(=O)O)cc1Cl. The van der Waals surface area contributed by atoms with Crippen LogP contribution in [0.4, 0.5) is 4.79 Å². The molecule has 0 saturated carbocycles. The van der Waals surface area contributed by atoms with Gasteiger partial charge in [-0.25, -0.2) is 14.6 Å². The van der Waals surface area contributed by atoms with Crippen LogP contribution in [-0.4, -0.2) is 44.0 Å². The fraction of sp³-hybridized carbons (Fsp3) is 0.391. The molecule has 170 valence electrons. The van der Waals surface area contributed by atoms with Crippen molar-refractivity contribution in [3.05, 3.63) is 57.8 Å². The van der Waals surface area contributed by atoms with Crippen LogP contribution < -0.4 is 5.32 Å². The summed E-state index contributed by atoms with van der Waals surface area (Å²) in [5, 5.41) is 11.9. The van der Waals surface area contributed by atoms with Crippen LogP contribution in [0, 0.1) is 0 Å². The first-order chi connectivity index (χ1) is 15.3. The van der Waals surface area contributed by atoms with E-state index in [-0.39, 0.29) is 5.56 Å². The van der Waals surface area contributed by atoms with Gasteiger partial charge in [-0.3, -0.25) is 15.0 Å². The van der Waals surface area contributed by atoms with Crippen LogP contribution in [0.1, 0.15) is 67.0 Å². The smallest absolute Gasteiger partial charge is 0.335 e. The zero-order chi connectivity index (χ0) is 23.3. The van der Waals surface area contributed by atoms with Gasteiger partial charge in [0.05, 0.1) is 24.0 Å². The van der Waals surface area contributed by atoms with E-state index >= 15 is 0 Å². The van der Waals surface area contributed by atoms with Crippen molar-refractivity contribution in [3.63, 3.8) is 0 Å². The number of unbranched alkanes of at least 4 members (excludes halogenated alkanes) is 2. The maximum Gasteiger partial charge on any atom is 0.335 e. The van der Waals surface area contributed by atoms with E-state index in [9.17, 15) is 19.5 Å². The number of nitrogens with one attached hydrogen (secondary N) is 1. The van der Waals surface area contributed by atoms with E-state index in [4.69, 9.17) is 11.6 Å². The van der Waals surface area contributed by atoms with E-state index in [1.807, 2.05) is 11.5 Å². The van der Waals surface area contributed by atoms with Crippen LogP contribution in [-0.2, 0) is 17.8 Å². The van der Waals surface area contributed by atoms with Crippen molar-refractivity contribution >= 4 is 35.6 Å². The highest BCUT2D eigenvalue weighted by atomic mass is 35.5. The number of benzene rings is 1. The van der Waals surface area contributed by atoms with Crippen molar-refractivity contribution in [2.45, 2.75) is 52.5 Å². The number of hydrogen-bond acceptors (Lipinski definition) is 4. The van der Waals surface area contributed by atoms with Gasteiger partial charge in [0.1, 0.15) is 11.5 Å². The number of carboxylic acid groups (broad SMARTS) is 1. The van der Waals surface area contributed by atoms with Crippen molar-refractivity contribution < 1.29 is 19.5 Å². The molecule has 32 heavy (non-hydrogen) atoms. The van der Waals surface area contributed by atoms with Crippen molar-refractivity contribution in [3.8, 4) is 0 Å². The molecule has 0 aliphatic carbocycles. The van der Waals surface area contributed by atoms with Gasteiger partial charge < -0.3 is 9.67 Å². The molecule has 0 bridgehead atoms. The first kappa shape index (κ1) is 23.5. The number of imide groups is 1. The molecule has 3 rings (SSSR count). The summed E-state index contributed by atoms with van der Waals surface area (Å²) >= 11 is 6.36. The monoisotopic (exact) mass is 458 g/mol.